The Balaban J connectivity index is 1.32. The average molecular weight is 645 g/mol. The Labute approximate surface area is 292 Å². The van der Waals surface area contributed by atoms with Crippen LogP contribution in [0.1, 0.15) is 52.8 Å². The van der Waals surface area contributed by atoms with Crippen LogP contribution in [0.25, 0.3) is 22.3 Å². The minimum atomic E-state index is -0.596. The molecule has 0 spiro atoms. The molecule has 0 saturated heterocycles. The molecule has 2 aliphatic rings. The lowest BCUT2D eigenvalue weighted by molar-refractivity contribution is 0.628. The van der Waals surface area contributed by atoms with Gasteiger partial charge in [0.15, 0.2) is 0 Å². The molecule has 0 saturated carbocycles. The molecule has 0 heterocycles. The van der Waals surface area contributed by atoms with Gasteiger partial charge in [-0.15, -0.1) is 0 Å². The maximum Gasteiger partial charge on any atom is 0.148 e. The van der Waals surface area contributed by atoms with Gasteiger partial charge in [0.05, 0.1) is 22.7 Å². The van der Waals surface area contributed by atoms with Gasteiger partial charge in [-0.2, -0.15) is 5.26 Å². The summed E-state index contributed by atoms with van der Waals surface area (Å²) in [6.07, 6.45) is 0. The zero-order chi connectivity index (χ0) is 34.0. The second-order valence-corrected chi connectivity index (χ2v) is 13.8. The fourth-order valence-corrected chi connectivity index (χ4v) is 8.59. The predicted molar refractivity (Wildman–Crippen MR) is 201 cm³/mol. The predicted octanol–water partition coefficient (Wildman–Crippen LogP) is 11.8. The highest BCUT2D eigenvalue weighted by Crippen LogP contribution is 2.57. The van der Waals surface area contributed by atoms with E-state index in [0.29, 0.717) is 5.69 Å². The number of hydrogen-bond donors (Lipinski definition) is 0. The van der Waals surface area contributed by atoms with Gasteiger partial charge in [0, 0.05) is 16.8 Å². The number of rotatable bonds is 5. The van der Waals surface area contributed by atoms with Crippen LogP contribution in [0, 0.1) is 17.1 Å². The number of nitrogens with zero attached hydrogens (tertiary/aromatic N) is 2. The molecular formula is C47H33FN2. The molecule has 0 N–H and O–H groups in total. The van der Waals surface area contributed by atoms with E-state index in [0.717, 1.165) is 22.5 Å². The zero-order valence-electron chi connectivity index (χ0n) is 27.9. The molecule has 0 aliphatic heterocycles. The van der Waals surface area contributed by atoms with Crippen LogP contribution in [0.2, 0.25) is 0 Å². The average Bonchev–Trinajstić information content (AvgIpc) is 3.58. The maximum atomic E-state index is 16.3. The Hall–Kier alpha value is -6.24. The number of fused-ring (bicyclic) bond motifs is 6. The third-order valence-corrected chi connectivity index (χ3v) is 10.8. The van der Waals surface area contributed by atoms with Crippen LogP contribution in [0.5, 0.6) is 0 Å². The summed E-state index contributed by atoms with van der Waals surface area (Å²) in [5.41, 5.74) is 13.5. The van der Waals surface area contributed by atoms with Crippen molar-refractivity contribution in [3.05, 3.63) is 209 Å². The van der Waals surface area contributed by atoms with Crippen LogP contribution in [-0.4, -0.2) is 0 Å². The molecule has 0 atom stereocenters. The summed E-state index contributed by atoms with van der Waals surface area (Å²) in [7, 11) is 0. The van der Waals surface area contributed by atoms with Gasteiger partial charge in [-0.25, -0.2) is 4.39 Å². The topological polar surface area (TPSA) is 27.0 Å². The maximum absolute atomic E-state index is 16.3. The van der Waals surface area contributed by atoms with E-state index < -0.39 is 11.2 Å². The smallest absolute Gasteiger partial charge is 0.148 e. The molecule has 50 heavy (non-hydrogen) atoms. The highest BCUT2D eigenvalue weighted by Gasteiger charge is 2.46. The number of halogens is 1. The fraction of sp³-hybridized carbons (Fsp3) is 0.0851. The SMILES string of the molecule is CC1(C)c2ccccc2-c2ccc(N(c3ccc4c(c3)C(c3ccccc3)(c3ccccc3)c3ccccc3-4)c3ccc(C#N)cc3F)cc21. The van der Waals surface area contributed by atoms with Crippen molar-refractivity contribution < 1.29 is 4.39 Å². The van der Waals surface area contributed by atoms with Gasteiger partial charge in [0.1, 0.15) is 5.82 Å². The third-order valence-electron chi connectivity index (χ3n) is 10.8. The molecule has 2 nitrogen and oxygen atoms in total. The molecule has 7 aromatic carbocycles. The summed E-state index contributed by atoms with van der Waals surface area (Å²) in [6.45, 7) is 4.52. The van der Waals surface area contributed by atoms with Crippen LogP contribution in [0.3, 0.4) is 0 Å². The lowest BCUT2D eigenvalue weighted by Gasteiger charge is -2.35. The Morgan fingerprint density at radius 3 is 1.60 bits per heavy atom. The van der Waals surface area contributed by atoms with Gasteiger partial charge < -0.3 is 4.90 Å². The molecule has 0 fully saturated rings. The van der Waals surface area contributed by atoms with Crippen LogP contribution in [0.4, 0.5) is 21.5 Å². The normalized spacial score (nSPS) is 14.2. The van der Waals surface area contributed by atoms with E-state index in [1.807, 2.05) is 4.90 Å². The Kier molecular flexibility index (Phi) is 6.66. The molecule has 238 valence electrons. The van der Waals surface area contributed by atoms with Crippen molar-refractivity contribution in [2.24, 2.45) is 0 Å². The van der Waals surface area contributed by atoms with E-state index in [1.54, 1.807) is 12.1 Å². The molecule has 3 heteroatoms. The standard InChI is InChI=1S/C47H33FN2/c1-46(2)40-19-11-9-17-36(40)38-24-22-34(28-42(38)46)50(45-26-21-31(30-49)27-44(45)48)35-23-25-39-37-18-10-12-20-41(37)47(43(39)29-35,32-13-5-3-6-14-32)33-15-7-4-8-16-33/h3-29H,1-2H3. The first-order chi connectivity index (χ1) is 24.4. The van der Waals surface area contributed by atoms with Crippen molar-refractivity contribution in [1.29, 1.82) is 5.26 Å². The summed E-state index contributed by atoms with van der Waals surface area (Å²) < 4.78 is 16.3. The minimum Gasteiger partial charge on any atom is -0.308 e. The molecular weight excluding hydrogens is 612 g/mol. The summed E-state index contributed by atoms with van der Waals surface area (Å²) in [5, 5.41) is 9.61. The van der Waals surface area contributed by atoms with Gasteiger partial charge >= 0.3 is 0 Å². The van der Waals surface area contributed by atoms with Crippen molar-refractivity contribution >= 4 is 17.1 Å². The molecule has 7 aromatic rings. The zero-order valence-corrected chi connectivity index (χ0v) is 27.9. The van der Waals surface area contributed by atoms with Crippen molar-refractivity contribution in [2.45, 2.75) is 24.7 Å². The lowest BCUT2D eigenvalue weighted by atomic mass is 9.67. The van der Waals surface area contributed by atoms with Gasteiger partial charge in [-0.05, 0) is 98.1 Å². The van der Waals surface area contributed by atoms with E-state index in [9.17, 15) is 5.26 Å². The number of nitriles is 1. The molecule has 9 rings (SSSR count). The highest BCUT2D eigenvalue weighted by molar-refractivity contribution is 5.90. The van der Waals surface area contributed by atoms with Gasteiger partial charge in [0.25, 0.3) is 0 Å². The minimum absolute atomic E-state index is 0.230. The second kappa shape index (κ2) is 11.2. The van der Waals surface area contributed by atoms with Gasteiger partial charge in [-0.1, -0.05) is 135 Å². The summed E-state index contributed by atoms with van der Waals surface area (Å²) in [6, 6.07) is 58.5. The number of benzene rings is 7. The first-order valence-electron chi connectivity index (χ1n) is 17.0. The molecule has 0 unspecified atom stereocenters. The van der Waals surface area contributed by atoms with E-state index in [1.165, 1.54) is 50.6 Å². The van der Waals surface area contributed by atoms with Crippen molar-refractivity contribution in [3.8, 4) is 28.3 Å². The Bertz CT molecular complexity index is 2450. The molecule has 0 aromatic heterocycles. The van der Waals surface area contributed by atoms with Crippen LogP contribution in [-0.2, 0) is 10.8 Å². The molecule has 2 aliphatic carbocycles. The first kappa shape index (κ1) is 29.9. The quantitative estimate of drug-likeness (QED) is 0.186. The summed E-state index contributed by atoms with van der Waals surface area (Å²) in [5.74, 6) is -0.451. The van der Waals surface area contributed by atoms with Gasteiger partial charge in [-0.3, -0.25) is 0 Å². The van der Waals surface area contributed by atoms with Crippen LogP contribution in [0.15, 0.2) is 164 Å². The Morgan fingerprint density at radius 2 is 1.00 bits per heavy atom. The third kappa shape index (κ3) is 4.18. The Morgan fingerprint density at radius 1 is 0.500 bits per heavy atom. The van der Waals surface area contributed by atoms with E-state index in [-0.39, 0.29) is 11.0 Å². The van der Waals surface area contributed by atoms with E-state index in [4.69, 9.17) is 0 Å². The van der Waals surface area contributed by atoms with Crippen molar-refractivity contribution in [3.63, 3.8) is 0 Å². The lowest BCUT2D eigenvalue weighted by Crippen LogP contribution is -2.28. The number of anilines is 3. The molecule has 0 bridgehead atoms. The van der Waals surface area contributed by atoms with Crippen LogP contribution >= 0.6 is 0 Å². The highest BCUT2D eigenvalue weighted by atomic mass is 19.1. The monoisotopic (exact) mass is 644 g/mol. The molecule has 0 radical (unpaired) electrons. The largest absolute Gasteiger partial charge is 0.308 e. The van der Waals surface area contributed by atoms with Gasteiger partial charge in [0.2, 0.25) is 0 Å². The fourth-order valence-electron chi connectivity index (χ4n) is 8.59. The van der Waals surface area contributed by atoms with Crippen LogP contribution < -0.4 is 4.90 Å². The van der Waals surface area contributed by atoms with E-state index >= 15 is 4.39 Å². The van der Waals surface area contributed by atoms with Crippen molar-refractivity contribution in [2.75, 3.05) is 4.90 Å². The summed E-state index contributed by atoms with van der Waals surface area (Å²) in [4.78, 5) is 2.01. The number of hydrogen-bond acceptors (Lipinski definition) is 2. The second-order valence-electron chi connectivity index (χ2n) is 13.8. The van der Waals surface area contributed by atoms with Crippen molar-refractivity contribution in [1.82, 2.24) is 0 Å². The van der Waals surface area contributed by atoms with E-state index in [2.05, 4.69) is 166 Å². The first-order valence-corrected chi connectivity index (χ1v) is 17.0. The molecule has 0 amide bonds. The summed E-state index contributed by atoms with van der Waals surface area (Å²) >= 11 is 0.